The van der Waals surface area contributed by atoms with Crippen molar-refractivity contribution in [3.63, 3.8) is 0 Å². The molecule has 0 unspecified atom stereocenters. The van der Waals surface area contributed by atoms with E-state index in [2.05, 4.69) is 35.5 Å². The Kier molecular flexibility index (Phi) is 13.2. The SMILES string of the molecule is CN(CC=CC(=O)Nc1cc(Nc2cc(Oc3ccc(Oc4ccccc4)cc3)ncn2)ccc1N1CCOCC1)CCOCCN=[N+]=[N-]. The Labute approximate surface area is 284 Å². The highest BCUT2D eigenvalue weighted by Crippen LogP contribution is 2.32. The maximum atomic E-state index is 13.0. The van der Waals surface area contributed by atoms with Crippen molar-refractivity contribution in [2.75, 3.05) is 81.7 Å². The lowest BCUT2D eigenvalue weighted by atomic mass is 10.2. The van der Waals surface area contributed by atoms with E-state index in [4.69, 9.17) is 24.5 Å². The van der Waals surface area contributed by atoms with Gasteiger partial charge in [-0.2, -0.15) is 0 Å². The van der Waals surface area contributed by atoms with Crippen LogP contribution in [0.25, 0.3) is 10.4 Å². The van der Waals surface area contributed by atoms with Crippen molar-refractivity contribution in [2.24, 2.45) is 5.11 Å². The lowest BCUT2D eigenvalue weighted by molar-refractivity contribution is -0.111. The van der Waals surface area contributed by atoms with Crippen molar-refractivity contribution in [3.05, 3.63) is 108 Å². The van der Waals surface area contributed by atoms with Crippen LogP contribution >= 0.6 is 0 Å². The molecule has 1 saturated heterocycles. The number of nitrogens with zero attached hydrogens (tertiary/aromatic N) is 7. The van der Waals surface area contributed by atoms with Crippen LogP contribution in [0.3, 0.4) is 0 Å². The van der Waals surface area contributed by atoms with Gasteiger partial charge in [0.2, 0.25) is 11.8 Å². The summed E-state index contributed by atoms with van der Waals surface area (Å²) in [5, 5.41) is 9.78. The average molecular weight is 666 g/mol. The van der Waals surface area contributed by atoms with Gasteiger partial charge in [0.25, 0.3) is 0 Å². The number of nitrogens with one attached hydrogen (secondary N) is 2. The molecule has 0 saturated carbocycles. The van der Waals surface area contributed by atoms with Crippen molar-refractivity contribution >= 4 is 28.8 Å². The number of para-hydroxylation sites is 1. The first kappa shape index (κ1) is 34.7. The minimum Gasteiger partial charge on any atom is -0.457 e. The summed E-state index contributed by atoms with van der Waals surface area (Å²) < 4.78 is 22.8. The molecule has 14 heteroatoms. The Morgan fingerprint density at radius 3 is 2.53 bits per heavy atom. The number of hydrogen-bond acceptors (Lipinski definition) is 11. The molecule has 0 spiro atoms. The summed E-state index contributed by atoms with van der Waals surface area (Å²) in [4.78, 5) is 28.5. The first-order chi connectivity index (χ1) is 24.1. The molecule has 1 fully saturated rings. The van der Waals surface area contributed by atoms with Crippen LogP contribution in [0.2, 0.25) is 0 Å². The molecule has 0 radical (unpaired) electrons. The standard InChI is InChI=1S/C35H39N9O5/c1-43(17-21-46-20-15-39-42-36)16-5-8-34(45)41-31-24-27(9-14-32(31)44-18-22-47-23-19-44)40-33-25-35(38-26-37-33)49-30-12-10-29(11-13-30)48-28-6-3-2-4-7-28/h2-14,24-26H,15-23H2,1H3,(H,41,45)(H,37,38,40). The Morgan fingerprint density at radius 1 is 1.00 bits per heavy atom. The van der Waals surface area contributed by atoms with E-state index >= 15 is 0 Å². The largest absolute Gasteiger partial charge is 0.457 e. The van der Waals surface area contributed by atoms with Crippen LogP contribution in [0.4, 0.5) is 22.9 Å². The number of morpholine rings is 1. The van der Waals surface area contributed by atoms with Gasteiger partial charge >= 0.3 is 0 Å². The van der Waals surface area contributed by atoms with Crippen LogP contribution in [0.1, 0.15) is 0 Å². The molecule has 1 aromatic heterocycles. The molecular weight excluding hydrogens is 626 g/mol. The van der Waals surface area contributed by atoms with Crippen molar-refractivity contribution in [1.29, 1.82) is 0 Å². The van der Waals surface area contributed by atoms with Gasteiger partial charge in [0.15, 0.2) is 0 Å². The molecule has 0 atom stereocenters. The second kappa shape index (κ2) is 18.6. The molecule has 254 valence electrons. The fourth-order valence-electron chi connectivity index (χ4n) is 4.80. The highest BCUT2D eigenvalue weighted by Gasteiger charge is 2.17. The first-order valence-corrected chi connectivity index (χ1v) is 15.9. The van der Waals surface area contributed by atoms with E-state index in [0.717, 1.165) is 17.1 Å². The number of benzene rings is 3. The van der Waals surface area contributed by atoms with Crippen LogP contribution < -0.4 is 25.0 Å². The number of amides is 1. The molecule has 0 bridgehead atoms. The Hall–Kier alpha value is -5.66. The van der Waals surface area contributed by atoms with Gasteiger partial charge in [-0.3, -0.25) is 4.79 Å². The molecule has 2 heterocycles. The zero-order valence-corrected chi connectivity index (χ0v) is 27.3. The smallest absolute Gasteiger partial charge is 0.248 e. The molecule has 3 aromatic carbocycles. The Balaban J connectivity index is 1.20. The zero-order valence-electron chi connectivity index (χ0n) is 27.3. The van der Waals surface area contributed by atoms with Crippen LogP contribution in [-0.4, -0.2) is 87.0 Å². The predicted octanol–water partition coefficient (Wildman–Crippen LogP) is 6.39. The quantitative estimate of drug-likeness (QED) is 0.0425. The molecular formula is C35H39N9O5. The summed E-state index contributed by atoms with van der Waals surface area (Å²) in [6.07, 6.45) is 4.75. The molecule has 2 N–H and O–H groups in total. The third-order valence-electron chi connectivity index (χ3n) is 7.25. The summed E-state index contributed by atoms with van der Waals surface area (Å²) in [6.45, 7) is 5.07. The van der Waals surface area contributed by atoms with E-state index in [9.17, 15) is 4.79 Å². The molecule has 1 aliphatic rings. The number of aromatic nitrogens is 2. The number of hydrogen-bond donors (Lipinski definition) is 2. The number of azide groups is 1. The van der Waals surface area contributed by atoms with Gasteiger partial charge in [0.1, 0.15) is 29.4 Å². The van der Waals surface area contributed by atoms with Gasteiger partial charge in [0.05, 0.1) is 37.8 Å². The number of carbonyl (C=O) groups excluding carboxylic acids is 1. The van der Waals surface area contributed by atoms with E-state index in [0.29, 0.717) is 88.0 Å². The van der Waals surface area contributed by atoms with Crippen LogP contribution in [0.5, 0.6) is 23.1 Å². The normalized spacial score (nSPS) is 12.8. The first-order valence-electron chi connectivity index (χ1n) is 15.9. The topological polar surface area (TPSA) is 159 Å². The van der Waals surface area contributed by atoms with Crippen LogP contribution in [0.15, 0.2) is 102 Å². The molecule has 1 aliphatic heterocycles. The maximum Gasteiger partial charge on any atom is 0.248 e. The van der Waals surface area contributed by atoms with Gasteiger partial charge in [-0.15, -0.1) is 0 Å². The number of anilines is 4. The average Bonchev–Trinajstić information content (AvgIpc) is 3.12. The van der Waals surface area contributed by atoms with Crippen LogP contribution in [-0.2, 0) is 14.3 Å². The van der Waals surface area contributed by atoms with Crippen molar-refractivity contribution in [3.8, 4) is 23.1 Å². The third-order valence-corrected chi connectivity index (χ3v) is 7.25. The minimum absolute atomic E-state index is 0.247. The van der Waals surface area contributed by atoms with Gasteiger partial charge in [-0.25, -0.2) is 9.97 Å². The van der Waals surface area contributed by atoms with E-state index < -0.39 is 0 Å². The summed E-state index contributed by atoms with van der Waals surface area (Å²) >= 11 is 0. The second-order valence-corrected chi connectivity index (χ2v) is 10.9. The summed E-state index contributed by atoms with van der Waals surface area (Å²) in [5.41, 5.74) is 10.6. The van der Waals surface area contributed by atoms with Gasteiger partial charge < -0.3 is 39.4 Å². The van der Waals surface area contributed by atoms with E-state index in [1.54, 1.807) is 12.1 Å². The van der Waals surface area contributed by atoms with E-state index in [1.807, 2.05) is 84.7 Å². The highest BCUT2D eigenvalue weighted by atomic mass is 16.5. The van der Waals surface area contributed by atoms with Crippen molar-refractivity contribution < 1.29 is 23.7 Å². The zero-order chi connectivity index (χ0) is 34.1. The lowest BCUT2D eigenvalue weighted by Crippen LogP contribution is -2.36. The van der Waals surface area contributed by atoms with E-state index in [-0.39, 0.29) is 5.91 Å². The van der Waals surface area contributed by atoms with Crippen molar-refractivity contribution in [1.82, 2.24) is 14.9 Å². The maximum absolute atomic E-state index is 13.0. The number of ether oxygens (including phenoxy) is 4. The highest BCUT2D eigenvalue weighted by molar-refractivity contribution is 6.02. The number of likely N-dealkylation sites (N-methyl/N-ethyl adjacent to an activating group) is 1. The lowest BCUT2D eigenvalue weighted by Gasteiger charge is -2.30. The molecule has 0 aliphatic carbocycles. The van der Waals surface area contributed by atoms with Crippen LogP contribution in [0, 0.1) is 0 Å². The molecule has 14 nitrogen and oxygen atoms in total. The predicted molar refractivity (Wildman–Crippen MR) is 188 cm³/mol. The monoisotopic (exact) mass is 665 g/mol. The summed E-state index contributed by atoms with van der Waals surface area (Å²) in [7, 11) is 1.94. The Morgan fingerprint density at radius 2 is 1.76 bits per heavy atom. The number of rotatable bonds is 17. The fourth-order valence-corrected chi connectivity index (χ4v) is 4.80. The fraction of sp³-hybridized carbons (Fsp3) is 0.286. The van der Waals surface area contributed by atoms with Gasteiger partial charge in [-0.05, 0) is 67.2 Å². The summed E-state index contributed by atoms with van der Waals surface area (Å²) in [5.74, 6) is 2.68. The Bertz CT molecular complexity index is 1710. The number of carbonyl (C=O) groups is 1. The third kappa shape index (κ3) is 11.5. The summed E-state index contributed by atoms with van der Waals surface area (Å²) in [6, 6.07) is 24.3. The minimum atomic E-state index is -0.247. The molecule has 5 rings (SSSR count). The second-order valence-electron chi connectivity index (χ2n) is 10.9. The van der Waals surface area contributed by atoms with Crippen molar-refractivity contribution in [2.45, 2.75) is 0 Å². The molecule has 49 heavy (non-hydrogen) atoms. The molecule has 4 aromatic rings. The van der Waals surface area contributed by atoms with Gasteiger partial charge in [-0.1, -0.05) is 29.4 Å². The van der Waals surface area contributed by atoms with Gasteiger partial charge in [0, 0.05) is 55.5 Å². The molecule has 1 amide bonds. The van der Waals surface area contributed by atoms with E-state index in [1.165, 1.54) is 12.4 Å².